The fourth-order valence-corrected chi connectivity index (χ4v) is 4.07. The normalized spacial score (nSPS) is 17.0. The summed E-state index contributed by atoms with van der Waals surface area (Å²) in [5, 5.41) is 3.51. The molecule has 10 heteroatoms. The summed E-state index contributed by atoms with van der Waals surface area (Å²) in [6, 6.07) is 5.03. The van der Waals surface area contributed by atoms with Gasteiger partial charge >= 0.3 is 0 Å². The van der Waals surface area contributed by atoms with Gasteiger partial charge < -0.3 is 10.2 Å². The Morgan fingerprint density at radius 2 is 1.72 bits per heavy atom. The lowest BCUT2D eigenvalue weighted by molar-refractivity contribution is -0.116. The molecule has 0 aromatic heterocycles. The summed E-state index contributed by atoms with van der Waals surface area (Å²) in [5.41, 5.74) is 0.415. The average molecular weight is 409 g/mol. The zero-order valence-electron chi connectivity index (χ0n) is 14.2. The maximum absolute atomic E-state index is 12.1. The van der Waals surface area contributed by atoms with E-state index in [-0.39, 0.29) is 12.3 Å². The van der Waals surface area contributed by atoms with Gasteiger partial charge in [-0.1, -0.05) is 29.3 Å². The summed E-state index contributed by atoms with van der Waals surface area (Å²) >= 11 is 12.1. The van der Waals surface area contributed by atoms with E-state index in [2.05, 4.69) is 10.2 Å². The molecule has 2 rings (SSSR count). The second-order valence-corrected chi connectivity index (χ2v) is 8.88. The number of rotatable bonds is 6. The van der Waals surface area contributed by atoms with Crippen LogP contribution in [0.4, 0.5) is 5.69 Å². The van der Waals surface area contributed by atoms with Gasteiger partial charge in [0.2, 0.25) is 5.91 Å². The quantitative estimate of drug-likeness (QED) is 0.777. The minimum atomic E-state index is -3.37. The van der Waals surface area contributed by atoms with Gasteiger partial charge in [0.25, 0.3) is 10.2 Å². The largest absolute Gasteiger partial charge is 0.324 e. The van der Waals surface area contributed by atoms with Crippen molar-refractivity contribution in [3.8, 4) is 0 Å². The van der Waals surface area contributed by atoms with Crippen LogP contribution in [0.15, 0.2) is 18.2 Å². The van der Waals surface area contributed by atoms with Crippen LogP contribution in [0.5, 0.6) is 0 Å². The maximum atomic E-state index is 12.1. The number of amides is 1. The summed E-state index contributed by atoms with van der Waals surface area (Å²) in [7, 11) is -0.334. The third kappa shape index (κ3) is 5.29. The van der Waals surface area contributed by atoms with Gasteiger partial charge in [-0.25, -0.2) is 0 Å². The molecule has 0 atom stereocenters. The summed E-state index contributed by atoms with van der Waals surface area (Å²) in [4.78, 5) is 14.2. The SMILES string of the molecule is CN(C)S(=O)(=O)N1CCN(CCC(=O)Nc2c(Cl)cccc2Cl)CC1. The first-order valence-electron chi connectivity index (χ1n) is 7.85. The molecular weight excluding hydrogens is 387 g/mol. The molecule has 0 saturated carbocycles. The van der Waals surface area contributed by atoms with Gasteiger partial charge in [0.05, 0.1) is 15.7 Å². The molecule has 1 aliphatic heterocycles. The molecule has 1 N–H and O–H groups in total. The van der Waals surface area contributed by atoms with Gasteiger partial charge in [0.15, 0.2) is 0 Å². The van der Waals surface area contributed by atoms with Crippen molar-refractivity contribution in [3.05, 3.63) is 28.2 Å². The second-order valence-electron chi connectivity index (χ2n) is 5.93. The predicted octanol–water partition coefficient (Wildman–Crippen LogP) is 1.75. The molecule has 1 aliphatic rings. The van der Waals surface area contributed by atoms with Crippen molar-refractivity contribution in [2.75, 3.05) is 52.1 Å². The Kier molecular flexibility index (Phi) is 7.07. The minimum absolute atomic E-state index is 0.182. The number of hydrogen-bond donors (Lipinski definition) is 1. The van der Waals surface area contributed by atoms with Crippen molar-refractivity contribution < 1.29 is 13.2 Å². The number of anilines is 1. The maximum Gasteiger partial charge on any atom is 0.281 e. The number of nitrogens with one attached hydrogen (secondary N) is 1. The Labute approximate surface area is 158 Å². The number of halogens is 2. The molecule has 0 spiro atoms. The van der Waals surface area contributed by atoms with E-state index >= 15 is 0 Å². The van der Waals surface area contributed by atoms with E-state index in [4.69, 9.17) is 23.2 Å². The van der Waals surface area contributed by atoms with E-state index in [1.165, 1.54) is 22.7 Å². The molecule has 1 amide bonds. The van der Waals surface area contributed by atoms with Crippen molar-refractivity contribution >= 4 is 45.0 Å². The van der Waals surface area contributed by atoms with Gasteiger partial charge in [-0.15, -0.1) is 0 Å². The summed E-state index contributed by atoms with van der Waals surface area (Å²) in [5.74, 6) is -0.182. The fourth-order valence-electron chi connectivity index (χ4n) is 2.49. The van der Waals surface area contributed by atoms with Gasteiger partial charge in [0, 0.05) is 53.2 Å². The molecule has 1 saturated heterocycles. The number of benzene rings is 1. The molecule has 1 fully saturated rings. The Morgan fingerprint density at radius 3 is 2.24 bits per heavy atom. The van der Waals surface area contributed by atoms with Crippen LogP contribution in [0.25, 0.3) is 0 Å². The zero-order chi connectivity index (χ0) is 18.6. The number of carbonyl (C=O) groups excluding carboxylic acids is 1. The van der Waals surface area contributed by atoms with Crippen molar-refractivity contribution in [1.29, 1.82) is 0 Å². The molecule has 1 aromatic carbocycles. The van der Waals surface area contributed by atoms with Crippen LogP contribution in [0, 0.1) is 0 Å². The Hall–Kier alpha value is -0.900. The molecule has 0 aliphatic carbocycles. The first-order chi connectivity index (χ1) is 11.7. The zero-order valence-corrected chi connectivity index (χ0v) is 16.5. The van der Waals surface area contributed by atoms with E-state index in [0.29, 0.717) is 48.5 Å². The van der Waals surface area contributed by atoms with Crippen LogP contribution >= 0.6 is 23.2 Å². The monoisotopic (exact) mass is 408 g/mol. The second kappa shape index (κ2) is 8.66. The third-order valence-electron chi connectivity index (χ3n) is 4.00. The van der Waals surface area contributed by atoms with Gasteiger partial charge in [-0.3, -0.25) is 4.79 Å². The molecule has 1 aromatic rings. The highest BCUT2D eigenvalue weighted by molar-refractivity contribution is 7.86. The fraction of sp³-hybridized carbons (Fsp3) is 0.533. The van der Waals surface area contributed by atoms with Crippen LogP contribution < -0.4 is 5.32 Å². The topological polar surface area (TPSA) is 73.0 Å². The van der Waals surface area contributed by atoms with Crippen LogP contribution in [-0.4, -0.2) is 74.7 Å². The molecule has 25 heavy (non-hydrogen) atoms. The van der Waals surface area contributed by atoms with Crippen LogP contribution in [0.1, 0.15) is 6.42 Å². The highest BCUT2D eigenvalue weighted by atomic mass is 35.5. The van der Waals surface area contributed by atoms with Gasteiger partial charge in [-0.2, -0.15) is 17.0 Å². The predicted molar refractivity (Wildman–Crippen MR) is 100 cm³/mol. The summed E-state index contributed by atoms with van der Waals surface area (Å²) in [6.45, 7) is 2.56. The number of piperazine rings is 1. The molecular formula is C15H22Cl2N4O3S. The number of hydrogen-bond acceptors (Lipinski definition) is 4. The first kappa shape index (κ1) is 20.4. The lowest BCUT2D eigenvalue weighted by Crippen LogP contribution is -2.51. The summed E-state index contributed by atoms with van der Waals surface area (Å²) in [6.07, 6.45) is 0.280. The van der Waals surface area contributed by atoms with Crippen LogP contribution in [-0.2, 0) is 15.0 Å². The van der Waals surface area contributed by atoms with Crippen molar-refractivity contribution in [2.24, 2.45) is 0 Å². The molecule has 7 nitrogen and oxygen atoms in total. The first-order valence-corrected chi connectivity index (χ1v) is 10.0. The highest BCUT2D eigenvalue weighted by Gasteiger charge is 2.28. The molecule has 0 bridgehead atoms. The van der Waals surface area contributed by atoms with Crippen molar-refractivity contribution in [3.63, 3.8) is 0 Å². The van der Waals surface area contributed by atoms with E-state index in [1.807, 2.05) is 0 Å². The van der Waals surface area contributed by atoms with Crippen molar-refractivity contribution in [2.45, 2.75) is 6.42 Å². The Morgan fingerprint density at radius 1 is 1.16 bits per heavy atom. The lowest BCUT2D eigenvalue weighted by Gasteiger charge is -2.34. The Bertz CT molecular complexity index is 699. The van der Waals surface area contributed by atoms with Crippen molar-refractivity contribution in [1.82, 2.24) is 13.5 Å². The van der Waals surface area contributed by atoms with Crippen LogP contribution in [0.3, 0.4) is 0 Å². The smallest absolute Gasteiger partial charge is 0.281 e. The standard InChI is InChI=1S/C15H22Cl2N4O3S/c1-19(2)25(23,24)21-10-8-20(9-11-21)7-6-14(22)18-15-12(16)4-3-5-13(15)17/h3-5H,6-11H2,1-2H3,(H,18,22). The highest BCUT2D eigenvalue weighted by Crippen LogP contribution is 2.29. The average Bonchev–Trinajstić information content (AvgIpc) is 2.56. The number of nitrogens with zero attached hydrogens (tertiary/aromatic N) is 3. The molecule has 0 unspecified atom stereocenters. The van der Waals surface area contributed by atoms with E-state index in [0.717, 1.165) is 0 Å². The number of carbonyl (C=O) groups is 1. The third-order valence-corrected chi connectivity index (χ3v) is 6.57. The van der Waals surface area contributed by atoms with E-state index in [9.17, 15) is 13.2 Å². The molecule has 0 radical (unpaired) electrons. The van der Waals surface area contributed by atoms with Gasteiger partial charge in [-0.05, 0) is 12.1 Å². The Balaban J connectivity index is 1.80. The van der Waals surface area contributed by atoms with Gasteiger partial charge in [0.1, 0.15) is 0 Å². The summed E-state index contributed by atoms with van der Waals surface area (Å²) < 4.78 is 26.8. The van der Waals surface area contributed by atoms with E-state index in [1.54, 1.807) is 18.2 Å². The lowest BCUT2D eigenvalue weighted by atomic mass is 10.2. The molecule has 140 valence electrons. The minimum Gasteiger partial charge on any atom is -0.324 e. The van der Waals surface area contributed by atoms with E-state index < -0.39 is 10.2 Å². The van der Waals surface area contributed by atoms with Crippen LogP contribution in [0.2, 0.25) is 10.0 Å². The number of para-hydroxylation sites is 1. The molecule has 1 heterocycles.